The highest BCUT2D eigenvalue weighted by Crippen LogP contribution is 2.29. The van der Waals surface area contributed by atoms with Gasteiger partial charge in [-0.1, -0.05) is 22.0 Å². The third-order valence-electron chi connectivity index (χ3n) is 2.74. The number of aromatic hydroxyl groups is 1. The molecule has 2 aromatic rings. The molecule has 0 amide bonds. The first-order chi connectivity index (χ1) is 9.49. The number of benzene rings is 2. The minimum Gasteiger partial charge on any atom is -0.502 e. The minimum absolute atomic E-state index is 0.307. The second-order valence-corrected chi connectivity index (χ2v) is 5.08. The van der Waals surface area contributed by atoms with Crippen LogP contribution in [0.15, 0.2) is 45.9 Å². The standard InChI is InChI=1S/C14H11BrN2O3/c1-9-7-11(15)5-6-12(9)16-8-10-3-2-4-13(14(10)18)17(19)20/h2-8,18H,1H3. The van der Waals surface area contributed by atoms with Crippen molar-refractivity contribution < 1.29 is 10.0 Å². The first kappa shape index (κ1) is 14.2. The van der Waals surface area contributed by atoms with Gasteiger partial charge in [0.05, 0.1) is 10.6 Å². The topological polar surface area (TPSA) is 75.7 Å². The third kappa shape index (κ3) is 3.03. The first-order valence-corrected chi connectivity index (χ1v) is 6.55. The summed E-state index contributed by atoms with van der Waals surface area (Å²) in [5.74, 6) is -0.379. The van der Waals surface area contributed by atoms with E-state index >= 15 is 0 Å². The molecule has 0 bridgehead atoms. The molecule has 6 heteroatoms. The fourth-order valence-corrected chi connectivity index (χ4v) is 2.18. The van der Waals surface area contributed by atoms with Gasteiger partial charge in [-0.05, 0) is 36.8 Å². The highest BCUT2D eigenvalue weighted by atomic mass is 79.9. The molecule has 5 nitrogen and oxygen atoms in total. The van der Waals surface area contributed by atoms with Gasteiger partial charge >= 0.3 is 5.69 Å². The number of para-hydroxylation sites is 1. The fourth-order valence-electron chi connectivity index (χ4n) is 1.70. The van der Waals surface area contributed by atoms with Crippen LogP contribution in [0.3, 0.4) is 0 Å². The Kier molecular flexibility index (Phi) is 4.14. The Morgan fingerprint density at radius 2 is 2.10 bits per heavy atom. The van der Waals surface area contributed by atoms with Crippen molar-refractivity contribution in [3.05, 3.63) is 62.1 Å². The summed E-state index contributed by atoms with van der Waals surface area (Å²) in [4.78, 5) is 14.4. The van der Waals surface area contributed by atoms with Gasteiger partial charge in [-0.2, -0.15) is 0 Å². The Morgan fingerprint density at radius 3 is 2.75 bits per heavy atom. The van der Waals surface area contributed by atoms with E-state index in [1.165, 1.54) is 18.3 Å². The predicted molar refractivity (Wildman–Crippen MR) is 80.9 cm³/mol. The smallest absolute Gasteiger partial charge is 0.311 e. The van der Waals surface area contributed by atoms with E-state index in [0.29, 0.717) is 5.56 Å². The van der Waals surface area contributed by atoms with E-state index in [4.69, 9.17) is 0 Å². The van der Waals surface area contributed by atoms with Crippen LogP contribution in [0.1, 0.15) is 11.1 Å². The highest BCUT2D eigenvalue weighted by Gasteiger charge is 2.14. The van der Waals surface area contributed by atoms with Crippen molar-refractivity contribution in [2.24, 2.45) is 4.99 Å². The second-order valence-electron chi connectivity index (χ2n) is 4.16. The van der Waals surface area contributed by atoms with E-state index in [0.717, 1.165) is 15.7 Å². The molecule has 2 aromatic carbocycles. The van der Waals surface area contributed by atoms with Crippen LogP contribution < -0.4 is 0 Å². The number of aliphatic imine (C=N–C) groups is 1. The number of hydrogen-bond acceptors (Lipinski definition) is 4. The second kappa shape index (κ2) is 5.83. The van der Waals surface area contributed by atoms with Gasteiger partial charge in [0.1, 0.15) is 0 Å². The molecule has 102 valence electrons. The van der Waals surface area contributed by atoms with E-state index in [1.54, 1.807) is 6.07 Å². The van der Waals surface area contributed by atoms with Crippen molar-refractivity contribution in [3.63, 3.8) is 0 Å². The molecule has 0 saturated heterocycles. The van der Waals surface area contributed by atoms with Gasteiger partial charge in [0.15, 0.2) is 0 Å². The van der Waals surface area contributed by atoms with Crippen molar-refractivity contribution in [2.75, 3.05) is 0 Å². The van der Waals surface area contributed by atoms with Crippen LogP contribution in [0.5, 0.6) is 5.75 Å². The molecule has 0 spiro atoms. The Bertz CT molecular complexity index is 699. The number of nitro benzene ring substituents is 1. The molecule has 0 aromatic heterocycles. The summed E-state index contributed by atoms with van der Waals surface area (Å²) < 4.78 is 0.951. The number of nitro groups is 1. The van der Waals surface area contributed by atoms with Crippen molar-refractivity contribution >= 4 is 33.5 Å². The monoisotopic (exact) mass is 334 g/mol. The Labute approximate surface area is 123 Å². The van der Waals surface area contributed by atoms with Gasteiger partial charge in [-0.25, -0.2) is 0 Å². The van der Waals surface area contributed by atoms with Crippen LogP contribution in [0.4, 0.5) is 11.4 Å². The van der Waals surface area contributed by atoms with E-state index in [-0.39, 0.29) is 11.4 Å². The molecule has 0 unspecified atom stereocenters. The van der Waals surface area contributed by atoms with E-state index < -0.39 is 4.92 Å². The van der Waals surface area contributed by atoms with Crippen molar-refractivity contribution in [1.82, 2.24) is 0 Å². The number of rotatable bonds is 3. The summed E-state index contributed by atoms with van der Waals surface area (Å²) in [6, 6.07) is 9.92. The molecule has 2 rings (SSSR count). The molecule has 0 heterocycles. The average molecular weight is 335 g/mol. The quantitative estimate of drug-likeness (QED) is 0.521. The van der Waals surface area contributed by atoms with Crippen LogP contribution >= 0.6 is 15.9 Å². The summed E-state index contributed by atoms with van der Waals surface area (Å²) in [5.41, 5.74) is 1.67. The normalized spacial score (nSPS) is 10.9. The van der Waals surface area contributed by atoms with Crippen LogP contribution in [0.25, 0.3) is 0 Å². The molecule has 0 radical (unpaired) electrons. The molecule has 0 atom stereocenters. The minimum atomic E-state index is -0.627. The summed E-state index contributed by atoms with van der Waals surface area (Å²) >= 11 is 3.36. The van der Waals surface area contributed by atoms with Gasteiger partial charge in [0, 0.05) is 22.3 Å². The highest BCUT2D eigenvalue weighted by molar-refractivity contribution is 9.10. The number of hydrogen-bond donors (Lipinski definition) is 1. The van der Waals surface area contributed by atoms with Crippen LogP contribution in [-0.4, -0.2) is 16.2 Å². The first-order valence-electron chi connectivity index (χ1n) is 5.75. The Morgan fingerprint density at radius 1 is 1.35 bits per heavy atom. The predicted octanol–water partition coefficient (Wildman–Crippen LogP) is 4.12. The van der Waals surface area contributed by atoms with Gasteiger partial charge in [0.25, 0.3) is 0 Å². The Hall–Kier alpha value is -2.21. The van der Waals surface area contributed by atoms with Gasteiger partial charge < -0.3 is 5.11 Å². The van der Waals surface area contributed by atoms with Crippen LogP contribution in [0, 0.1) is 17.0 Å². The SMILES string of the molecule is Cc1cc(Br)ccc1N=Cc1cccc([N+](=O)[O-])c1O. The zero-order chi connectivity index (χ0) is 14.7. The third-order valence-corrected chi connectivity index (χ3v) is 3.24. The number of phenols is 1. The molecule has 20 heavy (non-hydrogen) atoms. The van der Waals surface area contributed by atoms with Gasteiger partial charge in [-0.3, -0.25) is 15.1 Å². The van der Waals surface area contributed by atoms with E-state index in [1.807, 2.05) is 25.1 Å². The number of halogens is 1. The maximum Gasteiger partial charge on any atom is 0.311 e. The molecular weight excluding hydrogens is 324 g/mol. The van der Waals surface area contributed by atoms with E-state index in [9.17, 15) is 15.2 Å². The largest absolute Gasteiger partial charge is 0.502 e. The van der Waals surface area contributed by atoms with Gasteiger partial charge in [-0.15, -0.1) is 0 Å². The molecule has 0 aliphatic rings. The molecule has 0 saturated carbocycles. The number of phenolic OH excluding ortho intramolecular Hbond substituents is 1. The van der Waals surface area contributed by atoms with E-state index in [2.05, 4.69) is 20.9 Å². The number of nitrogens with zero attached hydrogens (tertiary/aromatic N) is 2. The van der Waals surface area contributed by atoms with Crippen molar-refractivity contribution in [1.29, 1.82) is 0 Å². The lowest BCUT2D eigenvalue weighted by molar-refractivity contribution is -0.385. The maximum absolute atomic E-state index is 10.7. The van der Waals surface area contributed by atoms with Crippen LogP contribution in [-0.2, 0) is 0 Å². The summed E-state index contributed by atoms with van der Waals surface area (Å²) in [6.07, 6.45) is 1.42. The molecule has 1 N–H and O–H groups in total. The fraction of sp³-hybridized carbons (Fsp3) is 0.0714. The van der Waals surface area contributed by atoms with Gasteiger partial charge in [0.2, 0.25) is 5.75 Å². The lowest BCUT2D eigenvalue weighted by Gasteiger charge is -2.02. The lowest BCUT2D eigenvalue weighted by Crippen LogP contribution is -1.91. The van der Waals surface area contributed by atoms with Crippen molar-refractivity contribution in [3.8, 4) is 5.75 Å². The van der Waals surface area contributed by atoms with Crippen molar-refractivity contribution in [2.45, 2.75) is 6.92 Å². The zero-order valence-corrected chi connectivity index (χ0v) is 12.2. The summed E-state index contributed by atoms with van der Waals surface area (Å²) in [6.45, 7) is 1.91. The number of aryl methyl sites for hydroxylation is 1. The summed E-state index contributed by atoms with van der Waals surface area (Å²) in [5, 5.41) is 20.5. The zero-order valence-electron chi connectivity index (χ0n) is 10.6. The molecule has 0 aliphatic carbocycles. The molecule has 0 aliphatic heterocycles. The van der Waals surface area contributed by atoms with Crippen LogP contribution in [0.2, 0.25) is 0 Å². The lowest BCUT2D eigenvalue weighted by atomic mass is 10.2. The molecule has 0 fully saturated rings. The average Bonchev–Trinajstić information content (AvgIpc) is 2.39. The summed E-state index contributed by atoms with van der Waals surface area (Å²) in [7, 11) is 0. The maximum atomic E-state index is 10.7. The Balaban J connectivity index is 2.37. The molecular formula is C14H11BrN2O3.